The normalized spacial score (nSPS) is 9.95. The molecule has 1 heterocycles. The Morgan fingerprint density at radius 1 is 1.21 bits per heavy atom. The molecule has 0 aliphatic heterocycles. The first-order chi connectivity index (χ1) is 9.29. The second-order valence-corrected chi connectivity index (χ2v) is 3.89. The number of nitrogens with zero attached hydrogens (tertiary/aromatic N) is 1. The van der Waals surface area contributed by atoms with Gasteiger partial charge in [-0.1, -0.05) is 6.07 Å². The van der Waals surface area contributed by atoms with Crippen LogP contribution in [0.2, 0.25) is 0 Å². The van der Waals surface area contributed by atoms with Gasteiger partial charge in [0.15, 0.2) is 0 Å². The van der Waals surface area contributed by atoms with Crippen LogP contribution in [0.4, 0.5) is 0 Å². The first-order valence-electron chi connectivity index (χ1n) is 6.08. The van der Waals surface area contributed by atoms with E-state index in [-0.39, 0.29) is 5.97 Å². The van der Waals surface area contributed by atoms with E-state index in [0.29, 0.717) is 24.5 Å². The van der Waals surface area contributed by atoms with Gasteiger partial charge in [0.05, 0.1) is 12.2 Å². The van der Waals surface area contributed by atoms with Crippen LogP contribution in [0.5, 0.6) is 5.75 Å². The summed E-state index contributed by atoms with van der Waals surface area (Å²) in [6.45, 7) is 2.61. The fraction of sp³-hybridized carbons (Fsp3) is 0.200. The van der Waals surface area contributed by atoms with Gasteiger partial charge in [0.25, 0.3) is 0 Å². The van der Waals surface area contributed by atoms with Gasteiger partial charge >= 0.3 is 5.97 Å². The zero-order valence-electron chi connectivity index (χ0n) is 10.7. The van der Waals surface area contributed by atoms with Crippen molar-refractivity contribution >= 4 is 5.97 Å². The highest BCUT2D eigenvalue weighted by atomic mass is 16.5. The van der Waals surface area contributed by atoms with Gasteiger partial charge in [-0.25, -0.2) is 4.79 Å². The molecule has 4 heteroatoms. The Balaban J connectivity index is 1.94. The Morgan fingerprint density at radius 3 is 2.63 bits per heavy atom. The molecule has 19 heavy (non-hydrogen) atoms. The maximum atomic E-state index is 11.5. The molecule has 2 aromatic rings. The molecule has 0 bridgehead atoms. The summed E-state index contributed by atoms with van der Waals surface area (Å²) in [5, 5.41) is 0. The maximum Gasteiger partial charge on any atom is 0.338 e. The Morgan fingerprint density at radius 2 is 2.00 bits per heavy atom. The van der Waals surface area contributed by atoms with E-state index in [4.69, 9.17) is 9.47 Å². The number of aromatic nitrogens is 1. The minimum absolute atomic E-state index is 0.318. The number of hydrogen-bond acceptors (Lipinski definition) is 4. The van der Waals surface area contributed by atoms with Crippen LogP contribution in [-0.2, 0) is 11.3 Å². The molecule has 0 fully saturated rings. The molecule has 0 saturated carbocycles. The smallest absolute Gasteiger partial charge is 0.338 e. The molecule has 0 amide bonds. The fourth-order valence-electron chi connectivity index (χ4n) is 1.55. The maximum absolute atomic E-state index is 11.5. The van der Waals surface area contributed by atoms with Crippen LogP contribution in [0.1, 0.15) is 22.8 Å². The zero-order chi connectivity index (χ0) is 13.5. The van der Waals surface area contributed by atoms with Gasteiger partial charge in [0.1, 0.15) is 12.4 Å². The molecular formula is C15H15NO3. The fourth-order valence-corrected chi connectivity index (χ4v) is 1.55. The first kappa shape index (κ1) is 13.1. The van der Waals surface area contributed by atoms with Crippen molar-refractivity contribution in [3.63, 3.8) is 0 Å². The van der Waals surface area contributed by atoms with E-state index in [9.17, 15) is 4.79 Å². The number of pyridine rings is 1. The van der Waals surface area contributed by atoms with Gasteiger partial charge in [-0.3, -0.25) is 4.98 Å². The number of hydrogen-bond donors (Lipinski definition) is 0. The van der Waals surface area contributed by atoms with Crippen LogP contribution in [0.3, 0.4) is 0 Å². The van der Waals surface area contributed by atoms with Crippen molar-refractivity contribution < 1.29 is 14.3 Å². The van der Waals surface area contributed by atoms with E-state index >= 15 is 0 Å². The monoisotopic (exact) mass is 257 g/mol. The molecular weight excluding hydrogens is 242 g/mol. The van der Waals surface area contributed by atoms with Crippen molar-refractivity contribution in [2.75, 3.05) is 6.61 Å². The number of carbonyl (C=O) groups is 1. The van der Waals surface area contributed by atoms with Crippen molar-refractivity contribution in [3.05, 3.63) is 59.9 Å². The summed E-state index contributed by atoms with van der Waals surface area (Å²) in [7, 11) is 0. The molecule has 0 aliphatic carbocycles. The largest absolute Gasteiger partial charge is 0.489 e. The summed E-state index contributed by atoms with van der Waals surface area (Å²) < 4.78 is 10.5. The van der Waals surface area contributed by atoms with E-state index < -0.39 is 0 Å². The standard InChI is InChI=1S/C15H15NO3/c1-2-18-15(17)13-5-7-14(8-6-13)19-11-12-4-3-9-16-10-12/h3-10H,2,11H2,1H3. The molecule has 4 nitrogen and oxygen atoms in total. The predicted molar refractivity (Wildman–Crippen MR) is 71.0 cm³/mol. The summed E-state index contributed by atoms with van der Waals surface area (Å²) in [6, 6.07) is 10.7. The number of benzene rings is 1. The van der Waals surface area contributed by atoms with E-state index in [0.717, 1.165) is 5.56 Å². The molecule has 0 radical (unpaired) electrons. The van der Waals surface area contributed by atoms with Crippen molar-refractivity contribution in [1.82, 2.24) is 4.98 Å². The number of carbonyl (C=O) groups excluding carboxylic acids is 1. The highest BCUT2D eigenvalue weighted by Crippen LogP contribution is 2.14. The molecule has 0 atom stereocenters. The van der Waals surface area contributed by atoms with E-state index in [1.54, 1.807) is 43.6 Å². The summed E-state index contributed by atoms with van der Waals surface area (Å²) in [5.74, 6) is 0.387. The van der Waals surface area contributed by atoms with E-state index in [2.05, 4.69) is 4.98 Å². The lowest BCUT2D eigenvalue weighted by Crippen LogP contribution is -2.04. The molecule has 0 unspecified atom stereocenters. The molecule has 0 saturated heterocycles. The van der Waals surface area contributed by atoms with Crippen molar-refractivity contribution in [3.8, 4) is 5.75 Å². The van der Waals surface area contributed by atoms with Gasteiger partial charge in [-0.2, -0.15) is 0 Å². The van der Waals surface area contributed by atoms with Crippen molar-refractivity contribution in [2.45, 2.75) is 13.5 Å². The molecule has 98 valence electrons. The second-order valence-electron chi connectivity index (χ2n) is 3.89. The number of rotatable bonds is 5. The second kappa shape index (κ2) is 6.54. The van der Waals surface area contributed by atoms with Gasteiger partial charge in [-0.05, 0) is 37.3 Å². The minimum atomic E-state index is -0.318. The lowest BCUT2D eigenvalue weighted by Gasteiger charge is -2.07. The van der Waals surface area contributed by atoms with E-state index in [1.807, 2.05) is 12.1 Å². The van der Waals surface area contributed by atoms with Crippen LogP contribution >= 0.6 is 0 Å². The van der Waals surface area contributed by atoms with E-state index in [1.165, 1.54) is 0 Å². The van der Waals surface area contributed by atoms with Crippen LogP contribution in [0.15, 0.2) is 48.8 Å². The number of ether oxygens (including phenoxy) is 2. The SMILES string of the molecule is CCOC(=O)c1ccc(OCc2cccnc2)cc1. The lowest BCUT2D eigenvalue weighted by molar-refractivity contribution is 0.0526. The molecule has 1 aromatic carbocycles. The molecule has 0 aliphatic rings. The summed E-state index contributed by atoms with van der Waals surface area (Å²) in [5.41, 5.74) is 1.52. The molecule has 1 aromatic heterocycles. The van der Waals surface area contributed by atoms with Crippen molar-refractivity contribution in [1.29, 1.82) is 0 Å². The van der Waals surface area contributed by atoms with Crippen LogP contribution in [0.25, 0.3) is 0 Å². The topological polar surface area (TPSA) is 48.4 Å². The van der Waals surface area contributed by atoms with Crippen LogP contribution < -0.4 is 4.74 Å². The lowest BCUT2D eigenvalue weighted by atomic mass is 10.2. The average molecular weight is 257 g/mol. The molecule has 2 rings (SSSR count). The predicted octanol–water partition coefficient (Wildman–Crippen LogP) is 2.84. The highest BCUT2D eigenvalue weighted by Gasteiger charge is 2.05. The Labute approximate surface area is 112 Å². The van der Waals surface area contributed by atoms with Crippen LogP contribution in [0, 0.1) is 0 Å². The minimum Gasteiger partial charge on any atom is -0.489 e. The Kier molecular flexibility index (Phi) is 4.50. The molecule has 0 spiro atoms. The zero-order valence-corrected chi connectivity index (χ0v) is 10.7. The van der Waals surface area contributed by atoms with Gasteiger partial charge < -0.3 is 9.47 Å². The third-order valence-electron chi connectivity index (χ3n) is 2.49. The van der Waals surface area contributed by atoms with Gasteiger partial charge in [0.2, 0.25) is 0 Å². The van der Waals surface area contributed by atoms with Gasteiger partial charge in [0, 0.05) is 18.0 Å². The summed E-state index contributed by atoms with van der Waals surface area (Å²) >= 11 is 0. The van der Waals surface area contributed by atoms with Gasteiger partial charge in [-0.15, -0.1) is 0 Å². The van der Waals surface area contributed by atoms with Crippen molar-refractivity contribution in [2.24, 2.45) is 0 Å². The highest BCUT2D eigenvalue weighted by molar-refractivity contribution is 5.89. The Bertz CT molecular complexity index is 523. The molecule has 0 N–H and O–H groups in total. The third-order valence-corrected chi connectivity index (χ3v) is 2.49. The summed E-state index contributed by atoms with van der Waals surface area (Å²) in [4.78, 5) is 15.5. The Hall–Kier alpha value is -2.36. The average Bonchev–Trinajstić information content (AvgIpc) is 2.47. The third kappa shape index (κ3) is 3.81. The first-order valence-corrected chi connectivity index (χ1v) is 6.08. The van der Waals surface area contributed by atoms with Crippen LogP contribution in [-0.4, -0.2) is 17.6 Å². The quantitative estimate of drug-likeness (QED) is 0.773. The number of esters is 1. The summed E-state index contributed by atoms with van der Waals surface area (Å²) in [6.07, 6.45) is 3.48.